The molecule has 17 heavy (non-hydrogen) atoms. The van der Waals surface area contributed by atoms with Gasteiger partial charge in [-0.25, -0.2) is 4.79 Å². The van der Waals surface area contributed by atoms with Gasteiger partial charge in [-0.05, 0) is 6.42 Å². The van der Waals surface area contributed by atoms with Gasteiger partial charge in [0.2, 0.25) is 0 Å². The summed E-state index contributed by atoms with van der Waals surface area (Å²) in [6.07, 6.45) is -2.94. The Bertz CT molecular complexity index is 252. The Morgan fingerprint density at radius 3 is 2.29 bits per heavy atom. The number of carboxylic acid groups (broad SMARTS) is 1. The molecule has 0 aromatic heterocycles. The summed E-state index contributed by atoms with van der Waals surface area (Å²) in [4.78, 5) is 21.5. The van der Waals surface area contributed by atoms with Gasteiger partial charge in [-0.3, -0.25) is 4.79 Å². The third-order valence-electron chi connectivity index (χ3n) is 1.68. The van der Waals surface area contributed by atoms with Gasteiger partial charge in [0.15, 0.2) is 12.2 Å². The van der Waals surface area contributed by atoms with E-state index in [1.807, 2.05) is 0 Å². The van der Waals surface area contributed by atoms with Crippen molar-refractivity contribution in [2.45, 2.75) is 25.6 Å². The van der Waals surface area contributed by atoms with E-state index < -0.39 is 24.1 Å². The number of aliphatic hydroxyl groups excluding tert-OH is 2. The number of carboxylic acids is 1. The molecule has 0 spiro atoms. The van der Waals surface area contributed by atoms with E-state index in [4.69, 9.17) is 15.3 Å². The van der Waals surface area contributed by atoms with Gasteiger partial charge < -0.3 is 20.6 Å². The van der Waals surface area contributed by atoms with Gasteiger partial charge in [0, 0.05) is 18.1 Å². The van der Waals surface area contributed by atoms with Crippen molar-refractivity contribution in [2.24, 2.45) is 0 Å². The second-order valence-electron chi connectivity index (χ2n) is 3.16. The number of carbonyl (C=O) groups excluding carboxylic acids is 1. The fraction of sp³-hybridized carbons (Fsp3) is 0.778. The van der Waals surface area contributed by atoms with E-state index in [0.717, 1.165) is 12.2 Å². The molecule has 2 atom stereocenters. The molecule has 8 heteroatoms. The Hall–Kier alpha value is -0.440. The Labute approximate surface area is 108 Å². The second kappa shape index (κ2) is 9.58. The van der Waals surface area contributed by atoms with Crippen LogP contribution in [0.3, 0.4) is 0 Å². The number of hydrogen-bond donors (Lipinski definition) is 4. The normalized spacial score (nSPS) is 14.1. The fourth-order valence-corrected chi connectivity index (χ4v) is 2.84. The molecule has 0 aromatic rings. The summed E-state index contributed by atoms with van der Waals surface area (Å²) in [6.45, 7) is 2.39. The lowest BCUT2D eigenvalue weighted by Gasteiger charge is -2.13. The number of amides is 1. The van der Waals surface area contributed by atoms with Crippen molar-refractivity contribution >= 4 is 33.5 Å². The zero-order valence-electron chi connectivity index (χ0n) is 9.46. The van der Waals surface area contributed by atoms with Gasteiger partial charge in [-0.1, -0.05) is 28.5 Å². The summed E-state index contributed by atoms with van der Waals surface area (Å²) >= 11 is 0. The molecule has 0 radical (unpaired) electrons. The van der Waals surface area contributed by atoms with Crippen molar-refractivity contribution in [3.05, 3.63) is 0 Å². The minimum absolute atomic E-state index is 0.323. The molecule has 100 valence electrons. The van der Waals surface area contributed by atoms with E-state index in [9.17, 15) is 9.59 Å². The Kier molecular flexibility index (Phi) is 9.33. The Morgan fingerprint density at radius 1 is 1.18 bits per heavy atom. The summed E-state index contributed by atoms with van der Waals surface area (Å²) in [5.41, 5.74) is 0. The zero-order valence-corrected chi connectivity index (χ0v) is 11.1. The van der Waals surface area contributed by atoms with E-state index in [0.29, 0.717) is 12.3 Å². The average molecular weight is 283 g/mol. The first-order valence-electron chi connectivity index (χ1n) is 5.11. The molecular weight excluding hydrogens is 266 g/mol. The van der Waals surface area contributed by atoms with Crippen molar-refractivity contribution in [3.63, 3.8) is 0 Å². The number of aliphatic hydroxyl groups is 2. The van der Waals surface area contributed by atoms with Crippen molar-refractivity contribution in [3.8, 4) is 0 Å². The summed E-state index contributed by atoms with van der Waals surface area (Å²) < 4.78 is 0. The van der Waals surface area contributed by atoms with Crippen molar-refractivity contribution in [1.82, 2.24) is 5.32 Å². The number of rotatable bonds is 9. The van der Waals surface area contributed by atoms with Crippen LogP contribution in [-0.2, 0) is 9.59 Å². The maximum absolute atomic E-state index is 11.2. The smallest absolute Gasteiger partial charge is 0.335 e. The van der Waals surface area contributed by atoms with Crippen LogP contribution in [0, 0.1) is 0 Å². The van der Waals surface area contributed by atoms with Gasteiger partial charge in [0.1, 0.15) is 0 Å². The molecular formula is C9H17NO5S2. The fourth-order valence-electron chi connectivity index (χ4n) is 0.800. The van der Waals surface area contributed by atoms with Gasteiger partial charge in [0.05, 0.1) is 0 Å². The molecule has 0 aliphatic rings. The third kappa shape index (κ3) is 7.48. The monoisotopic (exact) mass is 283 g/mol. The van der Waals surface area contributed by atoms with Gasteiger partial charge in [-0.2, -0.15) is 0 Å². The maximum Gasteiger partial charge on any atom is 0.335 e. The first-order valence-corrected chi connectivity index (χ1v) is 7.60. The van der Waals surface area contributed by atoms with Crippen LogP contribution in [0.5, 0.6) is 0 Å². The van der Waals surface area contributed by atoms with Crippen molar-refractivity contribution in [1.29, 1.82) is 0 Å². The highest BCUT2D eigenvalue weighted by molar-refractivity contribution is 8.76. The molecule has 0 aliphatic heterocycles. The molecule has 0 bridgehead atoms. The lowest BCUT2D eigenvalue weighted by atomic mass is 10.2. The van der Waals surface area contributed by atoms with E-state index in [2.05, 4.69) is 12.2 Å². The topological polar surface area (TPSA) is 107 Å². The van der Waals surface area contributed by atoms with Crippen LogP contribution in [0.15, 0.2) is 0 Å². The first-order chi connectivity index (χ1) is 8.00. The van der Waals surface area contributed by atoms with Crippen LogP contribution in [0.1, 0.15) is 13.3 Å². The largest absolute Gasteiger partial charge is 0.479 e. The van der Waals surface area contributed by atoms with Gasteiger partial charge in [0.25, 0.3) is 5.91 Å². The molecule has 1 amide bonds. The molecule has 0 heterocycles. The zero-order chi connectivity index (χ0) is 13.3. The maximum atomic E-state index is 11.2. The van der Waals surface area contributed by atoms with Gasteiger partial charge >= 0.3 is 5.97 Å². The predicted octanol–water partition coefficient (Wildman–Crippen LogP) is -0.300. The third-order valence-corrected chi connectivity index (χ3v) is 4.29. The first kappa shape index (κ1) is 16.6. The van der Waals surface area contributed by atoms with E-state index >= 15 is 0 Å². The highest BCUT2D eigenvalue weighted by Crippen LogP contribution is 2.20. The van der Waals surface area contributed by atoms with E-state index in [-0.39, 0.29) is 0 Å². The van der Waals surface area contributed by atoms with E-state index in [1.165, 1.54) is 0 Å². The lowest BCUT2D eigenvalue weighted by Crippen LogP contribution is -2.46. The van der Waals surface area contributed by atoms with Crippen LogP contribution in [0.4, 0.5) is 0 Å². The molecule has 0 aliphatic carbocycles. The van der Waals surface area contributed by atoms with Crippen LogP contribution in [0.25, 0.3) is 0 Å². The number of nitrogens with one attached hydrogen (secondary N) is 1. The predicted molar refractivity (Wildman–Crippen MR) is 67.9 cm³/mol. The molecule has 4 N–H and O–H groups in total. The molecule has 0 aromatic carbocycles. The standard InChI is InChI=1S/C9H17NO5S2/c1-2-4-16-17-5-3-10-8(13)6(11)7(12)9(14)15/h6-7,11-12H,2-5H2,1H3,(H,10,13)(H,14,15)/t6-,7-/m1/s1. The van der Waals surface area contributed by atoms with E-state index in [1.54, 1.807) is 21.6 Å². The van der Waals surface area contributed by atoms with Crippen molar-refractivity contribution in [2.75, 3.05) is 18.1 Å². The molecule has 0 saturated carbocycles. The summed E-state index contributed by atoms with van der Waals surface area (Å²) in [7, 11) is 3.27. The van der Waals surface area contributed by atoms with Crippen LogP contribution in [0.2, 0.25) is 0 Å². The number of carbonyl (C=O) groups is 2. The van der Waals surface area contributed by atoms with Crippen LogP contribution in [-0.4, -0.2) is 57.5 Å². The SMILES string of the molecule is CCCSSCCNC(=O)[C@H](O)[C@@H](O)C(=O)O. The Balaban J connectivity index is 3.68. The highest BCUT2D eigenvalue weighted by Gasteiger charge is 2.29. The van der Waals surface area contributed by atoms with Crippen LogP contribution >= 0.6 is 21.6 Å². The quantitative estimate of drug-likeness (QED) is 0.340. The molecule has 0 rings (SSSR count). The average Bonchev–Trinajstić information content (AvgIpc) is 2.31. The van der Waals surface area contributed by atoms with Crippen LogP contribution < -0.4 is 5.32 Å². The minimum atomic E-state index is -2.09. The van der Waals surface area contributed by atoms with Crippen molar-refractivity contribution < 1.29 is 24.9 Å². The Morgan fingerprint density at radius 2 is 1.76 bits per heavy atom. The summed E-state index contributed by atoms with van der Waals surface area (Å²) in [5, 5.41) is 28.8. The molecule has 0 unspecified atom stereocenters. The van der Waals surface area contributed by atoms with Gasteiger partial charge in [-0.15, -0.1) is 0 Å². The summed E-state index contributed by atoms with van der Waals surface area (Å²) in [6, 6.07) is 0. The summed E-state index contributed by atoms with van der Waals surface area (Å²) in [5.74, 6) is -0.813. The molecule has 6 nitrogen and oxygen atoms in total. The minimum Gasteiger partial charge on any atom is -0.479 e. The molecule has 0 fully saturated rings. The second-order valence-corrected chi connectivity index (χ2v) is 5.87. The molecule has 0 saturated heterocycles. The number of aliphatic carboxylic acids is 1. The highest BCUT2D eigenvalue weighted by atomic mass is 33.1. The number of hydrogen-bond acceptors (Lipinski definition) is 6. The lowest BCUT2D eigenvalue weighted by molar-refractivity contribution is -0.158.